The van der Waals surface area contributed by atoms with E-state index in [9.17, 15) is 4.79 Å². The summed E-state index contributed by atoms with van der Waals surface area (Å²) < 4.78 is 5.04. The molecule has 1 saturated heterocycles. The molecule has 0 atom stereocenters. The van der Waals surface area contributed by atoms with Gasteiger partial charge in [0.15, 0.2) is 5.96 Å². The fourth-order valence-electron chi connectivity index (χ4n) is 2.59. The Balaban J connectivity index is 0.00000288. The Morgan fingerprint density at radius 3 is 2.54 bits per heavy atom. The van der Waals surface area contributed by atoms with Crippen molar-refractivity contribution in [1.29, 1.82) is 0 Å². The first-order valence-electron chi connectivity index (χ1n) is 8.15. The van der Waals surface area contributed by atoms with Gasteiger partial charge in [-0.3, -0.25) is 4.99 Å². The summed E-state index contributed by atoms with van der Waals surface area (Å²) >= 11 is 0. The third kappa shape index (κ3) is 6.54. The predicted molar refractivity (Wildman–Crippen MR) is 107 cm³/mol. The van der Waals surface area contributed by atoms with Gasteiger partial charge in [-0.2, -0.15) is 0 Å². The van der Waals surface area contributed by atoms with Crippen LogP contribution >= 0.6 is 24.0 Å². The van der Waals surface area contributed by atoms with Crippen LogP contribution in [0, 0.1) is 0 Å². The molecule has 1 amide bonds. The summed E-state index contributed by atoms with van der Waals surface area (Å²) in [6.07, 6.45) is 1.58. The average Bonchev–Trinajstić information content (AvgIpc) is 2.60. The van der Waals surface area contributed by atoms with Crippen molar-refractivity contribution >= 4 is 36.0 Å². The van der Waals surface area contributed by atoms with Crippen molar-refractivity contribution < 1.29 is 9.53 Å². The molecule has 24 heavy (non-hydrogen) atoms. The third-order valence-corrected chi connectivity index (χ3v) is 3.89. The Morgan fingerprint density at radius 1 is 1.29 bits per heavy atom. The Morgan fingerprint density at radius 2 is 1.96 bits per heavy atom. The molecule has 1 aliphatic rings. The van der Waals surface area contributed by atoms with Crippen molar-refractivity contribution in [2.24, 2.45) is 4.99 Å². The zero-order valence-electron chi connectivity index (χ0n) is 14.3. The van der Waals surface area contributed by atoms with Crippen LogP contribution < -0.4 is 10.6 Å². The lowest BCUT2D eigenvalue weighted by Crippen LogP contribution is -2.49. The van der Waals surface area contributed by atoms with Gasteiger partial charge in [0.25, 0.3) is 0 Å². The van der Waals surface area contributed by atoms with E-state index in [0.29, 0.717) is 25.7 Å². The van der Waals surface area contributed by atoms with Gasteiger partial charge in [0.2, 0.25) is 0 Å². The van der Waals surface area contributed by atoms with E-state index in [4.69, 9.17) is 4.74 Å². The summed E-state index contributed by atoms with van der Waals surface area (Å²) in [4.78, 5) is 17.7. The number of aliphatic imine (C=N–C) groups is 1. The molecule has 1 aromatic rings. The number of halogens is 1. The molecule has 0 aromatic heterocycles. The maximum atomic E-state index is 11.7. The van der Waals surface area contributed by atoms with E-state index < -0.39 is 0 Å². The molecule has 0 bridgehead atoms. The van der Waals surface area contributed by atoms with Crippen molar-refractivity contribution in [1.82, 2.24) is 15.5 Å². The monoisotopic (exact) mass is 446 g/mol. The number of amides is 1. The topological polar surface area (TPSA) is 66.0 Å². The highest BCUT2D eigenvalue weighted by molar-refractivity contribution is 14.0. The summed E-state index contributed by atoms with van der Waals surface area (Å²) in [5.41, 5.74) is 1.22. The smallest absolute Gasteiger partial charge is 0.409 e. The lowest BCUT2D eigenvalue weighted by Gasteiger charge is -2.32. The molecule has 1 heterocycles. The second-order valence-electron chi connectivity index (χ2n) is 5.52. The molecule has 0 aliphatic carbocycles. The number of benzene rings is 1. The van der Waals surface area contributed by atoms with E-state index in [2.05, 4.69) is 27.8 Å². The average molecular weight is 446 g/mol. The molecular weight excluding hydrogens is 419 g/mol. The summed E-state index contributed by atoms with van der Waals surface area (Å²) in [6.45, 7) is 4.42. The van der Waals surface area contributed by atoms with Gasteiger partial charge in [-0.05, 0) is 25.3 Å². The summed E-state index contributed by atoms with van der Waals surface area (Å²) in [5.74, 6) is 0.795. The van der Waals surface area contributed by atoms with E-state index in [1.54, 1.807) is 11.9 Å². The van der Waals surface area contributed by atoms with E-state index in [1.165, 1.54) is 5.56 Å². The van der Waals surface area contributed by atoms with E-state index >= 15 is 0 Å². The van der Waals surface area contributed by atoms with Gasteiger partial charge in [-0.25, -0.2) is 4.79 Å². The molecule has 1 fully saturated rings. The Labute approximate surface area is 161 Å². The summed E-state index contributed by atoms with van der Waals surface area (Å²) in [7, 11) is 1.77. The minimum atomic E-state index is -0.211. The second-order valence-corrected chi connectivity index (χ2v) is 5.52. The van der Waals surface area contributed by atoms with Crippen LogP contribution in [0.15, 0.2) is 35.3 Å². The number of carbonyl (C=O) groups excluding carboxylic acids is 1. The maximum absolute atomic E-state index is 11.7. The molecule has 7 heteroatoms. The molecule has 2 N–H and O–H groups in total. The highest BCUT2D eigenvalue weighted by Crippen LogP contribution is 2.11. The van der Waals surface area contributed by atoms with Crippen LogP contribution in [0.25, 0.3) is 0 Å². The number of ether oxygens (including phenoxy) is 1. The van der Waals surface area contributed by atoms with Gasteiger partial charge in [-0.1, -0.05) is 30.3 Å². The first-order chi connectivity index (χ1) is 11.2. The van der Waals surface area contributed by atoms with Crippen molar-refractivity contribution in [3.63, 3.8) is 0 Å². The standard InChI is InChI=1S/C17H26N4O2.HI/c1-3-23-17(22)21-11-9-15(10-12-21)20-16(18-2)19-13-14-7-5-4-6-8-14;/h4-8,15H,3,9-13H2,1-2H3,(H2,18,19,20);1H. The van der Waals surface area contributed by atoms with Gasteiger partial charge in [0.05, 0.1) is 6.61 Å². The first kappa shape index (κ1) is 20.5. The van der Waals surface area contributed by atoms with Crippen LogP contribution in [0.3, 0.4) is 0 Å². The molecule has 134 valence electrons. The van der Waals surface area contributed by atoms with Crippen LogP contribution in [-0.4, -0.2) is 49.7 Å². The Hall–Kier alpha value is -1.51. The molecular formula is C17H27IN4O2. The number of nitrogens with one attached hydrogen (secondary N) is 2. The van der Waals surface area contributed by atoms with E-state index in [-0.39, 0.29) is 30.1 Å². The number of hydrogen-bond acceptors (Lipinski definition) is 3. The number of nitrogens with zero attached hydrogens (tertiary/aromatic N) is 2. The molecule has 0 radical (unpaired) electrons. The van der Waals surface area contributed by atoms with Gasteiger partial charge in [-0.15, -0.1) is 24.0 Å². The molecule has 1 aromatic carbocycles. The van der Waals surface area contributed by atoms with Gasteiger partial charge in [0.1, 0.15) is 0 Å². The van der Waals surface area contributed by atoms with Gasteiger partial charge in [0, 0.05) is 32.7 Å². The van der Waals surface area contributed by atoms with Crippen LogP contribution in [-0.2, 0) is 11.3 Å². The number of likely N-dealkylation sites (tertiary alicyclic amines) is 1. The lowest BCUT2D eigenvalue weighted by atomic mass is 10.1. The van der Waals surface area contributed by atoms with E-state index in [0.717, 1.165) is 25.3 Å². The summed E-state index contributed by atoms with van der Waals surface area (Å²) in [5, 5.41) is 6.75. The maximum Gasteiger partial charge on any atom is 0.409 e. The van der Waals surface area contributed by atoms with Crippen LogP contribution in [0.2, 0.25) is 0 Å². The zero-order valence-corrected chi connectivity index (χ0v) is 16.7. The normalized spacial score (nSPS) is 15.4. The second kappa shape index (κ2) is 11.1. The third-order valence-electron chi connectivity index (χ3n) is 3.89. The minimum absolute atomic E-state index is 0. The lowest BCUT2D eigenvalue weighted by molar-refractivity contribution is 0.0963. The van der Waals surface area contributed by atoms with Crippen molar-refractivity contribution in [2.75, 3.05) is 26.7 Å². The van der Waals surface area contributed by atoms with Crippen LogP contribution in [0.1, 0.15) is 25.3 Å². The molecule has 6 nitrogen and oxygen atoms in total. The number of carbonyl (C=O) groups is 1. The molecule has 0 spiro atoms. The highest BCUT2D eigenvalue weighted by atomic mass is 127. The highest BCUT2D eigenvalue weighted by Gasteiger charge is 2.23. The van der Waals surface area contributed by atoms with Crippen LogP contribution in [0.5, 0.6) is 0 Å². The quantitative estimate of drug-likeness (QED) is 0.424. The number of piperidine rings is 1. The van der Waals surface area contributed by atoms with Gasteiger partial charge >= 0.3 is 6.09 Å². The number of hydrogen-bond donors (Lipinski definition) is 2. The molecule has 2 rings (SSSR count). The predicted octanol–water partition coefficient (Wildman–Crippen LogP) is 2.59. The van der Waals surface area contributed by atoms with Crippen molar-refractivity contribution in [2.45, 2.75) is 32.4 Å². The minimum Gasteiger partial charge on any atom is -0.450 e. The molecule has 0 saturated carbocycles. The first-order valence-corrected chi connectivity index (χ1v) is 8.15. The number of rotatable bonds is 4. The fraction of sp³-hybridized carbons (Fsp3) is 0.529. The molecule has 0 unspecified atom stereocenters. The molecule has 1 aliphatic heterocycles. The van der Waals surface area contributed by atoms with Gasteiger partial charge < -0.3 is 20.3 Å². The van der Waals surface area contributed by atoms with Crippen LogP contribution in [0.4, 0.5) is 4.79 Å². The Kier molecular flexibility index (Phi) is 9.51. The van der Waals surface area contributed by atoms with E-state index in [1.807, 2.05) is 25.1 Å². The zero-order chi connectivity index (χ0) is 16.5. The van der Waals surface area contributed by atoms with Crippen molar-refractivity contribution in [3.8, 4) is 0 Å². The number of guanidine groups is 1. The fourth-order valence-corrected chi connectivity index (χ4v) is 2.59. The van der Waals surface area contributed by atoms with Crippen molar-refractivity contribution in [3.05, 3.63) is 35.9 Å². The SMILES string of the molecule is CCOC(=O)N1CCC(NC(=NC)NCc2ccccc2)CC1.I. The summed E-state index contributed by atoms with van der Waals surface area (Å²) in [6, 6.07) is 10.5. The largest absolute Gasteiger partial charge is 0.450 e. The Bertz CT molecular complexity index is 517.